The Labute approximate surface area is 116 Å². The molecule has 1 amide bonds. The molecule has 3 heterocycles. The molecule has 3 rings (SSSR count). The van der Waals surface area contributed by atoms with Crippen molar-refractivity contribution in [3.8, 4) is 0 Å². The predicted octanol–water partition coefficient (Wildman–Crippen LogP) is 0.761. The van der Waals surface area contributed by atoms with Gasteiger partial charge in [-0.05, 0) is 19.1 Å². The predicted molar refractivity (Wildman–Crippen MR) is 73.2 cm³/mol. The molecule has 1 N–H and O–H groups in total. The first-order valence-corrected chi connectivity index (χ1v) is 6.64. The molecule has 104 valence electrons. The summed E-state index contributed by atoms with van der Waals surface area (Å²) in [5, 5.41) is 11.0. The molecule has 0 fully saturated rings. The quantitative estimate of drug-likeness (QED) is 0.892. The average Bonchev–Trinajstić information content (AvgIpc) is 2.94. The summed E-state index contributed by atoms with van der Waals surface area (Å²) in [5.74, 6) is 1.55. The maximum atomic E-state index is 12.5. The minimum absolute atomic E-state index is 0.000744. The number of amides is 1. The number of nitrogens with one attached hydrogen (secondary N) is 1. The highest BCUT2D eigenvalue weighted by Crippen LogP contribution is 2.14. The Morgan fingerprint density at radius 3 is 3.20 bits per heavy atom. The highest BCUT2D eigenvalue weighted by atomic mass is 16.2. The molecule has 0 aromatic carbocycles. The second-order valence-electron chi connectivity index (χ2n) is 4.63. The van der Waals surface area contributed by atoms with Gasteiger partial charge in [-0.15, -0.1) is 10.2 Å². The Morgan fingerprint density at radius 1 is 1.45 bits per heavy atom. The molecule has 0 unspecified atom stereocenters. The molecule has 0 saturated carbocycles. The summed E-state index contributed by atoms with van der Waals surface area (Å²) in [4.78, 5) is 18.5. The first kappa shape index (κ1) is 12.6. The van der Waals surface area contributed by atoms with Crippen molar-refractivity contribution in [1.29, 1.82) is 0 Å². The number of pyridine rings is 1. The van der Waals surface area contributed by atoms with Crippen molar-refractivity contribution in [1.82, 2.24) is 24.6 Å². The number of rotatable bonds is 3. The maximum Gasteiger partial charge on any atom is 0.254 e. The lowest BCUT2D eigenvalue weighted by molar-refractivity contribution is 0.0707. The van der Waals surface area contributed by atoms with Gasteiger partial charge in [0.05, 0.1) is 6.54 Å². The van der Waals surface area contributed by atoms with Crippen LogP contribution in [-0.2, 0) is 13.1 Å². The van der Waals surface area contributed by atoms with E-state index < -0.39 is 0 Å². The van der Waals surface area contributed by atoms with Crippen molar-refractivity contribution < 1.29 is 4.79 Å². The minimum atomic E-state index is 0.000744. The Hall–Kier alpha value is -2.44. The number of nitrogens with zero attached hydrogens (tertiary/aromatic N) is 5. The van der Waals surface area contributed by atoms with Crippen molar-refractivity contribution in [3.05, 3.63) is 36.0 Å². The molecule has 1 aliphatic rings. The fourth-order valence-corrected chi connectivity index (χ4v) is 2.26. The number of aromatic nitrogens is 4. The van der Waals surface area contributed by atoms with E-state index >= 15 is 0 Å². The van der Waals surface area contributed by atoms with E-state index in [1.165, 1.54) is 0 Å². The van der Waals surface area contributed by atoms with E-state index in [1.807, 2.05) is 11.5 Å². The van der Waals surface area contributed by atoms with Gasteiger partial charge in [0, 0.05) is 31.4 Å². The number of hydrogen-bond donors (Lipinski definition) is 1. The summed E-state index contributed by atoms with van der Waals surface area (Å²) in [7, 11) is 0. The van der Waals surface area contributed by atoms with Gasteiger partial charge in [-0.1, -0.05) is 0 Å². The molecule has 2 aromatic rings. The molecule has 0 radical (unpaired) electrons. The van der Waals surface area contributed by atoms with Crippen LogP contribution in [0.5, 0.6) is 0 Å². The van der Waals surface area contributed by atoms with Crippen LogP contribution in [0.1, 0.15) is 23.1 Å². The molecule has 0 atom stereocenters. The largest absolute Gasteiger partial charge is 0.370 e. The lowest BCUT2D eigenvalue weighted by Crippen LogP contribution is -2.38. The Balaban J connectivity index is 1.78. The van der Waals surface area contributed by atoms with Gasteiger partial charge in [0.15, 0.2) is 5.82 Å². The molecule has 2 aromatic heterocycles. The molecular formula is C13H16N6O. The van der Waals surface area contributed by atoms with E-state index in [-0.39, 0.29) is 5.91 Å². The molecule has 1 aliphatic heterocycles. The van der Waals surface area contributed by atoms with Gasteiger partial charge in [-0.2, -0.15) is 0 Å². The third-order valence-electron chi connectivity index (χ3n) is 3.29. The summed E-state index contributed by atoms with van der Waals surface area (Å²) in [6.07, 6.45) is 3.35. The first-order chi connectivity index (χ1) is 9.78. The molecule has 20 heavy (non-hydrogen) atoms. The molecule has 7 heteroatoms. The average molecular weight is 272 g/mol. The van der Waals surface area contributed by atoms with Crippen LogP contribution in [0.2, 0.25) is 0 Å². The Morgan fingerprint density at radius 2 is 2.35 bits per heavy atom. The lowest BCUT2D eigenvalue weighted by Gasteiger charge is -2.27. The van der Waals surface area contributed by atoms with Crippen LogP contribution >= 0.6 is 0 Å². The van der Waals surface area contributed by atoms with Gasteiger partial charge in [0.25, 0.3) is 5.91 Å². The van der Waals surface area contributed by atoms with E-state index in [9.17, 15) is 4.79 Å². The zero-order chi connectivity index (χ0) is 13.9. The number of carbonyl (C=O) groups excluding carboxylic acids is 1. The van der Waals surface area contributed by atoms with E-state index in [0.717, 1.165) is 24.7 Å². The number of anilines is 1. The Kier molecular flexibility index (Phi) is 3.32. The van der Waals surface area contributed by atoms with Gasteiger partial charge in [-0.25, -0.2) is 4.98 Å². The summed E-state index contributed by atoms with van der Waals surface area (Å²) in [6.45, 7) is 4.67. The summed E-state index contributed by atoms with van der Waals surface area (Å²) < 4.78 is 1.97. The monoisotopic (exact) mass is 272 g/mol. The normalized spacial score (nSPS) is 13.9. The standard InChI is InChI=1S/C13H16N6O/c1-2-14-11-7-10(3-4-15-11)13(20)18-5-6-19-9-16-17-12(19)8-18/h3-4,7,9H,2,5-6,8H2,1H3,(H,14,15). The second-order valence-corrected chi connectivity index (χ2v) is 4.63. The number of hydrogen-bond acceptors (Lipinski definition) is 5. The second kappa shape index (κ2) is 5.28. The Bertz CT molecular complexity index is 623. The van der Waals surface area contributed by atoms with Gasteiger partial charge in [0.1, 0.15) is 12.1 Å². The minimum Gasteiger partial charge on any atom is -0.370 e. The first-order valence-electron chi connectivity index (χ1n) is 6.64. The molecule has 0 bridgehead atoms. The van der Waals surface area contributed by atoms with Crippen LogP contribution in [-0.4, -0.2) is 43.6 Å². The maximum absolute atomic E-state index is 12.5. The number of carbonyl (C=O) groups is 1. The summed E-state index contributed by atoms with van der Waals surface area (Å²) in [6, 6.07) is 3.52. The third kappa shape index (κ3) is 2.34. The smallest absolute Gasteiger partial charge is 0.254 e. The van der Waals surface area contributed by atoms with Crippen molar-refractivity contribution in [3.63, 3.8) is 0 Å². The topological polar surface area (TPSA) is 75.9 Å². The summed E-state index contributed by atoms with van der Waals surface area (Å²) in [5.41, 5.74) is 0.643. The fourth-order valence-electron chi connectivity index (χ4n) is 2.26. The molecule has 0 aliphatic carbocycles. The third-order valence-corrected chi connectivity index (χ3v) is 3.29. The van der Waals surface area contributed by atoms with Gasteiger partial charge in [-0.3, -0.25) is 4.79 Å². The van der Waals surface area contributed by atoms with E-state index in [2.05, 4.69) is 20.5 Å². The van der Waals surface area contributed by atoms with Crippen LogP contribution in [0.3, 0.4) is 0 Å². The van der Waals surface area contributed by atoms with Crippen molar-refractivity contribution in [2.75, 3.05) is 18.4 Å². The van der Waals surface area contributed by atoms with Crippen LogP contribution in [0.4, 0.5) is 5.82 Å². The highest BCUT2D eigenvalue weighted by Gasteiger charge is 2.23. The van der Waals surface area contributed by atoms with E-state index in [0.29, 0.717) is 18.7 Å². The van der Waals surface area contributed by atoms with Crippen LogP contribution < -0.4 is 5.32 Å². The highest BCUT2D eigenvalue weighted by molar-refractivity contribution is 5.94. The van der Waals surface area contributed by atoms with Crippen LogP contribution in [0.15, 0.2) is 24.7 Å². The van der Waals surface area contributed by atoms with Crippen LogP contribution in [0.25, 0.3) is 0 Å². The van der Waals surface area contributed by atoms with Crippen molar-refractivity contribution >= 4 is 11.7 Å². The molecule has 0 spiro atoms. The fraction of sp³-hybridized carbons (Fsp3) is 0.385. The zero-order valence-electron chi connectivity index (χ0n) is 11.3. The van der Waals surface area contributed by atoms with Gasteiger partial charge >= 0.3 is 0 Å². The molecular weight excluding hydrogens is 256 g/mol. The van der Waals surface area contributed by atoms with E-state index in [1.54, 1.807) is 29.6 Å². The van der Waals surface area contributed by atoms with Gasteiger partial charge in [0.2, 0.25) is 0 Å². The zero-order valence-corrected chi connectivity index (χ0v) is 11.3. The molecule has 7 nitrogen and oxygen atoms in total. The lowest BCUT2D eigenvalue weighted by atomic mass is 10.2. The summed E-state index contributed by atoms with van der Waals surface area (Å²) >= 11 is 0. The van der Waals surface area contributed by atoms with Gasteiger partial charge < -0.3 is 14.8 Å². The van der Waals surface area contributed by atoms with E-state index in [4.69, 9.17) is 0 Å². The molecule has 0 saturated heterocycles. The van der Waals surface area contributed by atoms with Crippen LogP contribution in [0, 0.1) is 0 Å². The van der Waals surface area contributed by atoms with Crippen molar-refractivity contribution in [2.24, 2.45) is 0 Å². The number of fused-ring (bicyclic) bond motifs is 1. The van der Waals surface area contributed by atoms with Crippen molar-refractivity contribution in [2.45, 2.75) is 20.0 Å². The SMILES string of the molecule is CCNc1cc(C(=O)N2CCn3cnnc3C2)ccn1.